The number of pyridine rings is 1. The molecule has 0 saturated heterocycles. The van der Waals surface area contributed by atoms with Gasteiger partial charge in [0.25, 0.3) is 11.4 Å². The maximum atomic E-state index is 14.6. The number of hydrogen-bond acceptors (Lipinski definition) is 2. The highest BCUT2D eigenvalue weighted by molar-refractivity contribution is 6.09. The Hall–Kier alpha value is -7.47. The fourth-order valence-corrected chi connectivity index (χ4v) is 8.99. The number of aryl methyl sites for hydroxylation is 2. The topological polar surface area (TPSA) is 33.1 Å². The molecule has 0 unspecified atom stereocenters. The number of benzene rings is 7. The minimum absolute atomic E-state index is 0.0483. The maximum Gasteiger partial charge on any atom is 0.503 e. The van der Waals surface area contributed by atoms with Crippen molar-refractivity contribution >= 4 is 50.6 Å². The van der Waals surface area contributed by atoms with Gasteiger partial charge >= 0.3 is 6.01 Å². The third kappa shape index (κ3) is 7.20. The molecule has 1 aliphatic rings. The average Bonchev–Trinajstić information content (AvgIpc) is 3.84. The van der Waals surface area contributed by atoms with Crippen LogP contribution < -0.4 is 13.9 Å². The van der Waals surface area contributed by atoms with Crippen molar-refractivity contribution in [2.75, 3.05) is 0 Å². The van der Waals surface area contributed by atoms with Crippen molar-refractivity contribution in [1.82, 2.24) is 18.7 Å². The highest BCUT2D eigenvalue weighted by atomic mass is 19.1. The number of para-hydroxylation sites is 4. The van der Waals surface area contributed by atoms with Crippen molar-refractivity contribution in [2.45, 2.75) is 52.9 Å². The maximum absolute atomic E-state index is 14.6. The number of nitrogens with zero attached hydrogens (tertiary/aromatic N) is 4. The Morgan fingerprint density at radius 2 is 1.25 bits per heavy atom. The van der Waals surface area contributed by atoms with E-state index in [0.29, 0.717) is 22.6 Å². The van der Waals surface area contributed by atoms with Gasteiger partial charge in [0.2, 0.25) is 11.4 Å². The predicted molar refractivity (Wildman–Crippen MR) is 254 cm³/mol. The summed E-state index contributed by atoms with van der Waals surface area (Å²) in [6, 6.07) is 55.0. The quantitative estimate of drug-likeness (QED) is 0.136. The molecule has 0 aliphatic carbocycles. The van der Waals surface area contributed by atoms with E-state index in [1.165, 1.54) is 34.4 Å². The summed E-state index contributed by atoms with van der Waals surface area (Å²) in [4.78, 5) is 4.89. The monoisotopic (exact) mass is 828 g/mol. The Morgan fingerprint density at radius 3 is 1.98 bits per heavy atom. The first-order valence-corrected chi connectivity index (χ1v) is 21.5. The fraction of sp³-hybridized carbons (Fsp3) is 0.143. The van der Waals surface area contributed by atoms with Gasteiger partial charge in [-0.15, -0.1) is 0 Å². The molecule has 1 aliphatic heterocycles. The van der Waals surface area contributed by atoms with Gasteiger partial charge in [-0.1, -0.05) is 95.3 Å². The molecule has 0 radical (unpaired) electrons. The number of hydrogen-bond donors (Lipinski definition) is 0. The molecular formula is C56H46F2N4O+2. The van der Waals surface area contributed by atoms with Crippen LogP contribution in [0.5, 0.6) is 11.5 Å². The Kier molecular flexibility index (Phi) is 9.93. The zero-order chi connectivity index (χ0) is 43.4. The van der Waals surface area contributed by atoms with Crippen LogP contribution in [0.15, 0.2) is 164 Å². The van der Waals surface area contributed by atoms with Gasteiger partial charge in [0, 0.05) is 53.4 Å². The second kappa shape index (κ2) is 15.8. The standard InChI is InChI=1S/C56H46F2N4O/c1-6-36-15-14-16-37(7-2)55(36)39-29-43(60-35-61(52-22-13-12-21-51(52)60)49-19-10-8-17-46(49)38-27-41(57)32-42(58)28-38)33-45(30-39)63-44-23-24-48-47-18-9-11-20-50(47)62(53(48)34-44)54-31-40(25-26-59-54)56(3,4)5/h8-34H,6-7H2,1-5H3/q+2. The summed E-state index contributed by atoms with van der Waals surface area (Å²) >= 11 is 0. The van der Waals surface area contributed by atoms with E-state index in [4.69, 9.17) is 9.72 Å². The summed E-state index contributed by atoms with van der Waals surface area (Å²) in [6.07, 6.45) is 3.63. The number of rotatable bonds is 9. The van der Waals surface area contributed by atoms with Gasteiger partial charge in [0.1, 0.15) is 29.0 Å². The number of aromatic nitrogens is 2. The number of halogens is 2. The first kappa shape index (κ1) is 39.7. The van der Waals surface area contributed by atoms with Crippen LogP contribution in [0.3, 0.4) is 0 Å². The zero-order valence-corrected chi connectivity index (χ0v) is 36.0. The van der Waals surface area contributed by atoms with E-state index in [0.717, 1.165) is 74.8 Å². The zero-order valence-electron chi connectivity index (χ0n) is 36.0. The Balaban J connectivity index is 1.17. The molecule has 0 atom stereocenters. The Bertz CT molecular complexity index is 3310. The molecule has 0 amide bonds. The van der Waals surface area contributed by atoms with Gasteiger partial charge < -0.3 is 4.74 Å². The van der Waals surface area contributed by atoms with E-state index >= 15 is 0 Å². The minimum Gasteiger partial charge on any atom is -0.457 e. The van der Waals surface area contributed by atoms with Crippen molar-refractivity contribution in [3.05, 3.63) is 192 Å². The van der Waals surface area contributed by atoms with Crippen molar-refractivity contribution in [3.63, 3.8) is 0 Å². The highest BCUT2D eigenvalue weighted by Gasteiger charge is 2.38. The molecule has 0 saturated carbocycles. The molecule has 10 rings (SSSR count). The van der Waals surface area contributed by atoms with Gasteiger partial charge in [-0.2, -0.15) is 0 Å². The SMILES string of the molecule is CCc1cccc(CC)c1-c1cc(Oc2ccc3c4ccccc4n(-c4cc(C(C)(C)C)ccn4)c3c2)cc([N+]2=C=[N+](c3ccccc3-c3cc(F)cc(F)c3)c3ccccc32)c1. The summed E-state index contributed by atoms with van der Waals surface area (Å²) in [5, 5.41) is 2.25. The molecule has 9 aromatic rings. The Morgan fingerprint density at radius 1 is 0.587 bits per heavy atom. The lowest BCUT2D eigenvalue weighted by molar-refractivity contribution is 0.483. The van der Waals surface area contributed by atoms with E-state index in [-0.39, 0.29) is 5.41 Å². The van der Waals surface area contributed by atoms with Crippen molar-refractivity contribution in [1.29, 1.82) is 0 Å². The molecular weight excluding hydrogens is 783 g/mol. The molecule has 3 heterocycles. The molecule has 2 aromatic heterocycles. The molecule has 7 heteroatoms. The summed E-state index contributed by atoms with van der Waals surface area (Å²) < 4.78 is 42.4. The average molecular weight is 829 g/mol. The molecule has 63 heavy (non-hydrogen) atoms. The number of fused-ring (bicyclic) bond motifs is 4. The Labute approximate surface area is 366 Å². The smallest absolute Gasteiger partial charge is 0.457 e. The van der Waals surface area contributed by atoms with Crippen LogP contribution >= 0.6 is 0 Å². The van der Waals surface area contributed by atoms with Crippen molar-refractivity contribution in [2.24, 2.45) is 0 Å². The summed E-state index contributed by atoms with van der Waals surface area (Å²) in [6.45, 7) is 11.0. The van der Waals surface area contributed by atoms with Crippen LogP contribution in [0.25, 0.3) is 49.9 Å². The summed E-state index contributed by atoms with van der Waals surface area (Å²) in [7, 11) is 0. The number of ether oxygens (including phenoxy) is 1. The van der Waals surface area contributed by atoms with Crippen LogP contribution in [0, 0.1) is 11.6 Å². The van der Waals surface area contributed by atoms with Crippen LogP contribution in [0.2, 0.25) is 0 Å². The second-order valence-corrected chi connectivity index (χ2v) is 17.1. The highest BCUT2D eigenvalue weighted by Crippen LogP contribution is 2.43. The molecule has 0 bridgehead atoms. The lowest BCUT2D eigenvalue weighted by atomic mass is 9.88. The van der Waals surface area contributed by atoms with Gasteiger partial charge in [0.15, 0.2) is 0 Å². The van der Waals surface area contributed by atoms with E-state index in [2.05, 4.69) is 136 Å². The summed E-state index contributed by atoms with van der Waals surface area (Å²) in [5.41, 5.74) is 12.4. The predicted octanol–water partition coefficient (Wildman–Crippen LogP) is 14.9. The van der Waals surface area contributed by atoms with Gasteiger partial charge in [-0.3, -0.25) is 4.57 Å². The van der Waals surface area contributed by atoms with E-state index in [1.54, 1.807) is 0 Å². The lowest BCUT2D eigenvalue weighted by Gasteiger charge is -2.20. The van der Waals surface area contributed by atoms with Crippen LogP contribution in [-0.2, 0) is 18.3 Å². The van der Waals surface area contributed by atoms with Crippen molar-refractivity contribution in [3.8, 4) is 39.6 Å². The first-order chi connectivity index (χ1) is 30.6. The van der Waals surface area contributed by atoms with Crippen LogP contribution in [-0.4, -0.2) is 15.6 Å². The third-order valence-electron chi connectivity index (χ3n) is 12.0. The van der Waals surface area contributed by atoms with Gasteiger partial charge in [-0.05, 0) is 115 Å². The summed E-state index contributed by atoms with van der Waals surface area (Å²) in [5.74, 6) is 0.941. The largest absolute Gasteiger partial charge is 0.503 e. The molecule has 0 N–H and O–H groups in total. The molecule has 7 aromatic carbocycles. The van der Waals surface area contributed by atoms with Crippen molar-refractivity contribution < 1.29 is 13.5 Å². The van der Waals surface area contributed by atoms with Crippen LogP contribution in [0.4, 0.5) is 31.5 Å². The van der Waals surface area contributed by atoms with Crippen LogP contribution in [0.1, 0.15) is 51.3 Å². The molecule has 0 fully saturated rings. The van der Waals surface area contributed by atoms with E-state index in [9.17, 15) is 8.78 Å². The lowest BCUT2D eigenvalue weighted by Crippen LogP contribution is -2.12. The second-order valence-electron chi connectivity index (χ2n) is 17.1. The van der Waals surface area contributed by atoms with Gasteiger partial charge in [-0.25, -0.2) is 13.8 Å². The van der Waals surface area contributed by atoms with E-state index < -0.39 is 11.6 Å². The molecule has 0 spiro atoms. The van der Waals surface area contributed by atoms with E-state index in [1.807, 2.05) is 63.9 Å². The first-order valence-electron chi connectivity index (χ1n) is 21.5. The third-order valence-corrected chi connectivity index (χ3v) is 12.0. The van der Waals surface area contributed by atoms with Gasteiger partial charge in [0.05, 0.1) is 22.7 Å². The normalized spacial score (nSPS) is 12.4. The molecule has 5 nitrogen and oxygen atoms in total. The molecule has 308 valence electrons. The minimum atomic E-state index is -0.633. The fourth-order valence-electron chi connectivity index (χ4n) is 8.99.